The maximum absolute atomic E-state index is 5.97. The van der Waals surface area contributed by atoms with Crippen molar-refractivity contribution in [1.82, 2.24) is 24.6 Å². The fourth-order valence-corrected chi connectivity index (χ4v) is 4.13. The second-order valence-electron chi connectivity index (χ2n) is 7.86. The van der Waals surface area contributed by atoms with Crippen LogP contribution in [-0.2, 0) is 6.54 Å². The van der Waals surface area contributed by atoms with Crippen LogP contribution in [0.4, 0.5) is 5.82 Å². The lowest BCUT2D eigenvalue weighted by atomic mass is 9.84. The fraction of sp³-hybridized carbons (Fsp3) is 0.455. The van der Waals surface area contributed by atoms with E-state index in [2.05, 4.69) is 42.8 Å². The molecule has 2 fully saturated rings. The van der Waals surface area contributed by atoms with Gasteiger partial charge in [0.15, 0.2) is 0 Å². The first-order valence-electron chi connectivity index (χ1n) is 10.4. The third-order valence-corrected chi connectivity index (χ3v) is 6.28. The average molecular weight is 411 g/mol. The summed E-state index contributed by atoms with van der Waals surface area (Å²) in [6.07, 6.45) is 11.4. The van der Waals surface area contributed by atoms with Crippen LogP contribution in [0.25, 0.3) is 22.2 Å². The van der Waals surface area contributed by atoms with Gasteiger partial charge in [0.05, 0.1) is 5.39 Å². The molecular formula is C22H30N6S. The Labute approximate surface area is 176 Å². The van der Waals surface area contributed by atoms with Crippen molar-refractivity contribution in [2.24, 2.45) is 5.92 Å². The first-order valence-corrected chi connectivity index (χ1v) is 11.6. The lowest BCUT2D eigenvalue weighted by Gasteiger charge is -2.37. The number of nitrogens with one attached hydrogen (secondary N) is 2. The molecule has 1 aromatic carbocycles. The van der Waals surface area contributed by atoms with E-state index in [1.54, 1.807) is 11.9 Å². The molecule has 1 aliphatic carbocycles. The second kappa shape index (κ2) is 9.61. The largest absolute Gasteiger partial charge is 0.383 e. The van der Waals surface area contributed by atoms with Gasteiger partial charge in [0.1, 0.15) is 17.8 Å². The average Bonchev–Trinajstić information content (AvgIpc) is 3.10. The third-order valence-electron chi connectivity index (χ3n) is 5.85. The fourth-order valence-electron chi connectivity index (χ4n) is 3.82. The summed E-state index contributed by atoms with van der Waals surface area (Å²) in [5.74, 6) is 1.59. The third kappa shape index (κ3) is 4.91. The Hall–Kier alpha value is -2.09. The van der Waals surface area contributed by atoms with Gasteiger partial charge in [-0.25, -0.2) is 9.97 Å². The molecule has 2 aliphatic rings. The number of rotatable bonds is 6. The number of fused-ring (bicyclic) bond motifs is 1. The lowest BCUT2D eigenvalue weighted by molar-refractivity contribution is 0.121. The molecular weight excluding hydrogens is 380 g/mol. The number of hydrogen-bond acceptors (Lipinski definition) is 6. The van der Waals surface area contributed by atoms with E-state index in [-0.39, 0.29) is 0 Å². The highest BCUT2D eigenvalue weighted by atomic mass is 32.2. The molecule has 29 heavy (non-hydrogen) atoms. The van der Waals surface area contributed by atoms with Crippen LogP contribution in [0, 0.1) is 5.92 Å². The minimum absolute atomic E-state index is 0.499. The summed E-state index contributed by atoms with van der Waals surface area (Å²) in [6.45, 7) is 5.01. The van der Waals surface area contributed by atoms with Crippen LogP contribution >= 0.6 is 11.9 Å². The zero-order valence-corrected chi connectivity index (χ0v) is 17.8. The molecule has 3 heterocycles. The molecule has 1 saturated heterocycles. The van der Waals surface area contributed by atoms with Gasteiger partial charge in [0, 0.05) is 24.8 Å². The predicted octanol–water partition coefficient (Wildman–Crippen LogP) is 4.07. The number of anilines is 1. The molecule has 1 saturated carbocycles. The number of benzene rings is 1. The van der Waals surface area contributed by atoms with Crippen LogP contribution in [-0.4, -0.2) is 45.7 Å². The van der Waals surface area contributed by atoms with Gasteiger partial charge in [0.25, 0.3) is 0 Å². The van der Waals surface area contributed by atoms with Crippen molar-refractivity contribution in [2.75, 3.05) is 31.6 Å². The van der Waals surface area contributed by atoms with Crippen molar-refractivity contribution in [3.63, 3.8) is 0 Å². The van der Waals surface area contributed by atoms with Gasteiger partial charge in [0.2, 0.25) is 0 Å². The van der Waals surface area contributed by atoms with E-state index in [0.717, 1.165) is 34.6 Å². The number of hydrogen-bond donors (Lipinski definition) is 3. The molecule has 0 radical (unpaired) electrons. The van der Waals surface area contributed by atoms with Crippen LogP contribution in [0.3, 0.4) is 0 Å². The van der Waals surface area contributed by atoms with Gasteiger partial charge in [-0.15, -0.1) is 0 Å². The molecule has 0 atom stereocenters. The molecule has 5 rings (SSSR count). The molecule has 2 aromatic heterocycles. The second-order valence-corrected chi connectivity index (χ2v) is 8.56. The Morgan fingerprint density at radius 3 is 2.79 bits per heavy atom. The molecule has 7 heteroatoms. The Kier molecular flexibility index (Phi) is 6.69. The zero-order chi connectivity index (χ0) is 20.1. The molecule has 0 spiro atoms. The maximum atomic E-state index is 5.97. The van der Waals surface area contributed by atoms with E-state index in [0.29, 0.717) is 5.82 Å². The number of nitrogens with two attached hydrogens (primary N) is 1. The van der Waals surface area contributed by atoms with E-state index in [9.17, 15) is 0 Å². The first-order chi connectivity index (χ1) is 14.2. The predicted molar refractivity (Wildman–Crippen MR) is 122 cm³/mol. The number of aromatic amines is 1. The monoisotopic (exact) mass is 410 g/mol. The Balaban J connectivity index is 0.000000188. The molecule has 1 aliphatic heterocycles. The van der Waals surface area contributed by atoms with Crippen molar-refractivity contribution >= 4 is 28.8 Å². The van der Waals surface area contributed by atoms with Crippen molar-refractivity contribution < 1.29 is 0 Å². The minimum atomic E-state index is 0.499. The highest BCUT2D eigenvalue weighted by molar-refractivity contribution is 7.96. The Morgan fingerprint density at radius 2 is 2.10 bits per heavy atom. The van der Waals surface area contributed by atoms with Crippen molar-refractivity contribution in [3.05, 3.63) is 42.4 Å². The number of nitrogen functional groups attached to an aromatic ring is 1. The molecule has 0 unspecified atom stereocenters. The van der Waals surface area contributed by atoms with Crippen molar-refractivity contribution in [1.29, 1.82) is 0 Å². The van der Waals surface area contributed by atoms with Crippen LogP contribution in [0.5, 0.6) is 0 Å². The highest BCUT2D eigenvalue weighted by Crippen LogP contribution is 2.31. The smallest absolute Gasteiger partial charge is 0.143 e. The van der Waals surface area contributed by atoms with Crippen LogP contribution in [0.1, 0.15) is 31.2 Å². The number of H-pyrrole nitrogens is 1. The number of nitrogens with zero attached hydrogens (tertiary/aromatic N) is 3. The summed E-state index contributed by atoms with van der Waals surface area (Å²) in [7, 11) is 0. The van der Waals surface area contributed by atoms with Crippen LogP contribution in [0.2, 0.25) is 0 Å². The van der Waals surface area contributed by atoms with Gasteiger partial charge < -0.3 is 15.6 Å². The standard InChI is InChI=1S/C14H15N5S.C8H15N/c1-20-19-6-9-3-2-4-10(5-9)11-7-16-14-12(11)13(15)17-8-18-14;1-3-8(4-1)7-9-5-2-6-9/h2-5,7-8,19H,6H2,1H3,(H3,15,16,17,18);8H,1-7H2. The van der Waals surface area contributed by atoms with Gasteiger partial charge in [-0.1, -0.05) is 36.6 Å². The Morgan fingerprint density at radius 1 is 1.24 bits per heavy atom. The number of likely N-dealkylation sites (tertiary alicyclic amines) is 1. The lowest BCUT2D eigenvalue weighted by Crippen LogP contribution is -2.41. The summed E-state index contributed by atoms with van der Waals surface area (Å²) in [6, 6.07) is 8.36. The maximum Gasteiger partial charge on any atom is 0.143 e. The van der Waals surface area contributed by atoms with E-state index in [1.807, 2.05) is 18.5 Å². The molecule has 4 N–H and O–H groups in total. The van der Waals surface area contributed by atoms with E-state index < -0.39 is 0 Å². The molecule has 0 amide bonds. The van der Waals surface area contributed by atoms with E-state index >= 15 is 0 Å². The Bertz CT molecular complexity index is 920. The topological polar surface area (TPSA) is 82.9 Å². The molecule has 3 aromatic rings. The highest BCUT2D eigenvalue weighted by Gasteiger charge is 2.23. The molecule has 154 valence electrons. The summed E-state index contributed by atoms with van der Waals surface area (Å²) >= 11 is 1.61. The minimum Gasteiger partial charge on any atom is -0.383 e. The summed E-state index contributed by atoms with van der Waals surface area (Å²) in [4.78, 5) is 14.0. The van der Waals surface area contributed by atoms with Crippen molar-refractivity contribution in [2.45, 2.75) is 32.2 Å². The summed E-state index contributed by atoms with van der Waals surface area (Å²) in [5, 5.41) is 0.877. The van der Waals surface area contributed by atoms with Gasteiger partial charge in [-0.3, -0.25) is 4.72 Å². The number of aromatic nitrogens is 3. The van der Waals surface area contributed by atoms with Gasteiger partial charge in [-0.05, 0) is 61.7 Å². The van der Waals surface area contributed by atoms with Crippen LogP contribution in [0.15, 0.2) is 36.8 Å². The van der Waals surface area contributed by atoms with Gasteiger partial charge >= 0.3 is 0 Å². The zero-order valence-electron chi connectivity index (χ0n) is 17.0. The van der Waals surface area contributed by atoms with Crippen molar-refractivity contribution in [3.8, 4) is 11.1 Å². The molecule has 0 bridgehead atoms. The van der Waals surface area contributed by atoms with E-state index in [1.165, 1.54) is 57.2 Å². The molecule has 6 nitrogen and oxygen atoms in total. The van der Waals surface area contributed by atoms with Crippen LogP contribution < -0.4 is 10.5 Å². The summed E-state index contributed by atoms with van der Waals surface area (Å²) in [5.41, 5.74) is 10.1. The van der Waals surface area contributed by atoms with E-state index in [4.69, 9.17) is 5.73 Å². The first kappa shape index (κ1) is 20.2. The normalized spacial score (nSPS) is 16.7. The van der Waals surface area contributed by atoms with Gasteiger partial charge in [-0.2, -0.15) is 0 Å². The quantitative estimate of drug-likeness (QED) is 0.532. The SMILES string of the molecule is C1CC(CN2CCC2)C1.CSNCc1cccc(-c2c[nH]c3ncnc(N)c23)c1. The summed E-state index contributed by atoms with van der Waals surface area (Å²) < 4.78 is 3.25.